The standard InChI is InChI=1S/C14H17N3O4/c1-10(2)16(8-4-7-15)13-9-11(14(18)21-3)5-6-12(13)17(19)20/h5-6,9-10H,4,8H2,1-3H3. The SMILES string of the molecule is COC(=O)c1ccc([N+](=O)[O-])c(N(CCC#N)C(C)C)c1. The Morgan fingerprint density at radius 3 is 2.67 bits per heavy atom. The average molecular weight is 291 g/mol. The number of nitrogens with zero attached hydrogens (tertiary/aromatic N) is 3. The van der Waals surface area contributed by atoms with Crippen molar-refractivity contribution in [2.75, 3.05) is 18.6 Å². The van der Waals surface area contributed by atoms with Crippen LogP contribution in [0, 0.1) is 21.4 Å². The highest BCUT2D eigenvalue weighted by molar-refractivity contribution is 5.91. The topological polar surface area (TPSA) is 96.5 Å². The van der Waals surface area contributed by atoms with Gasteiger partial charge in [-0.3, -0.25) is 10.1 Å². The minimum Gasteiger partial charge on any atom is -0.465 e. The molecule has 7 nitrogen and oxygen atoms in total. The molecule has 0 saturated carbocycles. The highest BCUT2D eigenvalue weighted by Crippen LogP contribution is 2.31. The molecule has 0 N–H and O–H groups in total. The lowest BCUT2D eigenvalue weighted by molar-refractivity contribution is -0.384. The summed E-state index contributed by atoms with van der Waals surface area (Å²) >= 11 is 0. The van der Waals surface area contributed by atoms with Crippen LogP contribution >= 0.6 is 0 Å². The summed E-state index contributed by atoms with van der Waals surface area (Å²) < 4.78 is 4.63. The van der Waals surface area contributed by atoms with E-state index in [-0.39, 0.29) is 23.7 Å². The van der Waals surface area contributed by atoms with Crippen LogP contribution in [0.25, 0.3) is 0 Å². The summed E-state index contributed by atoms with van der Waals surface area (Å²) in [6.07, 6.45) is 0.234. The molecule has 0 bridgehead atoms. The van der Waals surface area contributed by atoms with Crippen molar-refractivity contribution in [2.24, 2.45) is 0 Å². The van der Waals surface area contributed by atoms with E-state index >= 15 is 0 Å². The number of benzene rings is 1. The lowest BCUT2D eigenvalue weighted by atomic mass is 10.1. The highest BCUT2D eigenvalue weighted by atomic mass is 16.6. The molecule has 0 radical (unpaired) electrons. The van der Waals surface area contributed by atoms with E-state index in [0.29, 0.717) is 12.2 Å². The third-order valence-corrected chi connectivity index (χ3v) is 2.99. The van der Waals surface area contributed by atoms with Gasteiger partial charge in [0.15, 0.2) is 0 Å². The van der Waals surface area contributed by atoms with Crippen molar-refractivity contribution >= 4 is 17.3 Å². The van der Waals surface area contributed by atoms with Gasteiger partial charge in [0.25, 0.3) is 5.69 Å². The Bertz CT molecular complexity index is 578. The largest absolute Gasteiger partial charge is 0.465 e. The second-order valence-corrected chi connectivity index (χ2v) is 4.65. The number of ether oxygens (including phenoxy) is 1. The van der Waals surface area contributed by atoms with Crippen LogP contribution in [0.2, 0.25) is 0 Å². The molecular weight excluding hydrogens is 274 g/mol. The van der Waals surface area contributed by atoms with Crippen LogP contribution in [-0.2, 0) is 4.74 Å². The number of nitro benzene ring substituents is 1. The maximum absolute atomic E-state index is 11.6. The summed E-state index contributed by atoms with van der Waals surface area (Å²) in [5, 5.41) is 19.9. The Hall–Kier alpha value is -2.62. The predicted molar refractivity (Wildman–Crippen MR) is 77.1 cm³/mol. The summed E-state index contributed by atoms with van der Waals surface area (Å²) in [4.78, 5) is 24.0. The Morgan fingerprint density at radius 2 is 2.19 bits per heavy atom. The summed E-state index contributed by atoms with van der Waals surface area (Å²) in [6, 6.07) is 6.04. The van der Waals surface area contributed by atoms with Crippen LogP contribution in [0.1, 0.15) is 30.6 Å². The number of esters is 1. The molecule has 1 aromatic rings. The van der Waals surface area contributed by atoms with E-state index in [9.17, 15) is 14.9 Å². The van der Waals surface area contributed by atoms with Gasteiger partial charge in [-0.1, -0.05) is 0 Å². The zero-order valence-electron chi connectivity index (χ0n) is 12.2. The lowest BCUT2D eigenvalue weighted by Crippen LogP contribution is -2.32. The number of methoxy groups -OCH3 is 1. The number of anilines is 1. The third kappa shape index (κ3) is 3.92. The first kappa shape index (κ1) is 16.4. The molecule has 0 unspecified atom stereocenters. The van der Waals surface area contributed by atoms with Gasteiger partial charge in [-0.25, -0.2) is 4.79 Å². The van der Waals surface area contributed by atoms with Gasteiger partial charge >= 0.3 is 5.97 Å². The number of nitriles is 1. The molecule has 7 heteroatoms. The first-order chi connectivity index (χ1) is 9.92. The number of carbonyl (C=O) groups excluding carboxylic acids is 1. The van der Waals surface area contributed by atoms with Crippen LogP contribution < -0.4 is 4.90 Å². The molecule has 0 saturated heterocycles. The van der Waals surface area contributed by atoms with Gasteiger partial charge in [0.05, 0.1) is 30.1 Å². The van der Waals surface area contributed by atoms with Crippen LogP contribution in [0.5, 0.6) is 0 Å². The van der Waals surface area contributed by atoms with Crippen molar-refractivity contribution in [3.63, 3.8) is 0 Å². The van der Waals surface area contributed by atoms with Crippen LogP contribution in [-0.4, -0.2) is 30.6 Å². The van der Waals surface area contributed by atoms with Crippen LogP contribution in [0.4, 0.5) is 11.4 Å². The first-order valence-corrected chi connectivity index (χ1v) is 6.42. The summed E-state index contributed by atoms with van der Waals surface area (Å²) in [5.74, 6) is -0.560. The number of hydrogen-bond acceptors (Lipinski definition) is 6. The Kier molecular flexibility index (Phi) is 5.67. The van der Waals surface area contributed by atoms with Gasteiger partial charge in [-0.2, -0.15) is 5.26 Å². The van der Waals surface area contributed by atoms with Crippen molar-refractivity contribution in [1.82, 2.24) is 0 Å². The fourth-order valence-corrected chi connectivity index (χ4v) is 1.98. The maximum atomic E-state index is 11.6. The second kappa shape index (κ2) is 7.24. The number of nitro groups is 1. The fourth-order valence-electron chi connectivity index (χ4n) is 1.98. The Morgan fingerprint density at radius 1 is 1.52 bits per heavy atom. The highest BCUT2D eigenvalue weighted by Gasteiger charge is 2.23. The van der Waals surface area contributed by atoms with Crippen LogP contribution in [0.15, 0.2) is 18.2 Å². The van der Waals surface area contributed by atoms with E-state index in [1.807, 2.05) is 19.9 Å². The molecule has 1 aromatic carbocycles. The zero-order chi connectivity index (χ0) is 16.0. The normalized spacial score (nSPS) is 10.0. The molecule has 0 atom stereocenters. The number of carbonyl (C=O) groups is 1. The van der Waals surface area contributed by atoms with Gasteiger partial charge in [-0.05, 0) is 26.0 Å². The summed E-state index contributed by atoms with van der Waals surface area (Å²) in [5.41, 5.74) is 0.447. The maximum Gasteiger partial charge on any atom is 0.337 e. The van der Waals surface area contributed by atoms with Gasteiger partial charge in [0.2, 0.25) is 0 Å². The lowest BCUT2D eigenvalue weighted by Gasteiger charge is -2.28. The van der Waals surface area contributed by atoms with E-state index in [0.717, 1.165) is 0 Å². The van der Waals surface area contributed by atoms with Crippen molar-refractivity contribution in [3.05, 3.63) is 33.9 Å². The molecule has 21 heavy (non-hydrogen) atoms. The van der Waals surface area contributed by atoms with Crippen molar-refractivity contribution in [3.8, 4) is 6.07 Å². The fraction of sp³-hybridized carbons (Fsp3) is 0.429. The first-order valence-electron chi connectivity index (χ1n) is 6.42. The molecule has 0 fully saturated rings. The summed E-state index contributed by atoms with van der Waals surface area (Å²) in [7, 11) is 1.25. The van der Waals surface area contributed by atoms with Gasteiger partial charge in [-0.15, -0.1) is 0 Å². The van der Waals surface area contributed by atoms with E-state index in [1.165, 1.54) is 25.3 Å². The van der Waals surface area contributed by atoms with Crippen molar-refractivity contribution in [1.29, 1.82) is 5.26 Å². The second-order valence-electron chi connectivity index (χ2n) is 4.65. The molecule has 0 aliphatic rings. The van der Waals surface area contributed by atoms with E-state index < -0.39 is 10.9 Å². The molecule has 0 aliphatic carbocycles. The number of rotatable bonds is 6. The van der Waals surface area contributed by atoms with Gasteiger partial charge in [0.1, 0.15) is 5.69 Å². The Balaban J connectivity index is 3.35. The quantitative estimate of drug-likeness (QED) is 0.454. The smallest absolute Gasteiger partial charge is 0.337 e. The van der Waals surface area contributed by atoms with Crippen LogP contribution in [0.3, 0.4) is 0 Å². The monoisotopic (exact) mass is 291 g/mol. The number of hydrogen-bond donors (Lipinski definition) is 0. The molecule has 0 heterocycles. The van der Waals surface area contributed by atoms with E-state index in [1.54, 1.807) is 4.90 Å². The van der Waals surface area contributed by atoms with E-state index in [2.05, 4.69) is 4.74 Å². The Labute approximate surface area is 122 Å². The molecule has 1 rings (SSSR count). The molecule has 0 spiro atoms. The van der Waals surface area contributed by atoms with Gasteiger partial charge in [0, 0.05) is 18.7 Å². The van der Waals surface area contributed by atoms with E-state index in [4.69, 9.17) is 5.26 Å². The minimum absolute atomic E-state index is 0.0510. The third-order valence-electron chi connectivity index (χ3n) is 2.99. The molecule has 112 valence electrons. The van der Waals surface area contributed by atoms with Crippen molar-refractivity contribution in [2.45, 2.75) is 26.3 Å². The average Bonchev–Trinajstić information content (AvgIpc) is 2.46. The molecule has 0 aliphatic heterocycles. The molecule has 0 aromatic heterocycles. The van der Waals surface area contributed by atoms with Crippen molar-refractivity contribution < 1.29 is 14.5 Å². The molecular formula is C14H17N3O4. The van der Waals surface area contributed by atoms with Gasteiger partial charge < -0.3 is 9.64 Å². The minimum atomic E-state index is -0.560. The zero-order valence-corrected chi connectivity index (χ0v) is 12.2. The molecule has 0 amide bonds. The summed E-state index contributed by atoms with van der Waals surface area (Å²) in [6.45, 7) is 4.08. The predicted octanol–water partition coefficient (Wildman–Crippen LogP) is 2.51.